The average molecular weight is 729 g/mol. The zero-order chi connectivity index (χ0) is 27.6. The van der Waals surface area contributed by atoms with Gasteiger partial charge in [-0.05, 0) is 0 Å². The van der Waals surface area contributed by atoms with Crippen LogP contribution in [0.3, 0.4) is 0 Å². The van der Waals surface area contributed by atoms with E-state index < -0.39 is 12.1 Å². The first-order chi connectivity index (χ1) is 18.9. The molecule has 16 heteroatoms. The molecule has 2 aromatic heterocycles. The fraction of sp³-hybridized carbons (Fsp3) is 0.481. The fourth-order valence-corrected chi connectivity index (χ4v) is 4.32. The van der Waals surface area contributed by atoms with Gasteiger partial charge in [-0.25, -0.2) is 29.5 Å². The van der Waals surface area contributed by atoms with E-state index in [1.54, 1.807) is 12.4 Å². The second kappa shape index (κ2) is 20.3. The van der Waals surface area contributed by atoms with Crippen molar-refractivity contribution in [2.45, 2.75) is 13.0 Å². The van der Waals surface area contributed by atoms with Gasteiger partial charge in [0.05, 0.1) is 25.2 Å². The van der Waals surface area contributed by atoms with E-state index in [-0.39, 0.29) is 82.0 Å². The molecule has 0 atom stereocenters. The van der Waals surface area contributed by atoms with Crippen LogP contribution in [0.25, 0.3) is 0 Å². The van der Waals surface area contributed by atoms with Crippen LogP contribution in [0.1, 0.15) is 22.3 Å². The Morgan fingerprint density at radius 2 is 1.28 bits per heavy atom. The summed E-state index contributed by atoms with van der Waals surface area (Å²) in [5.74, 6) is 0.118. The summed E-state index contributed by atoms with van der Waals surface area (Å²) >= 11 is 0. The molecule has 4 rings (SSSR count). The van der Waals surface area contributed by atoms with Crippen molar-refractivity contribution >= 4 is 29.9 Å². The summed E-state index contributed by atoms with van der Waals surface area (Å²) in [4.78, 5) is 59.2. The molecule has 2 aromatic rings. The van der Waals surface area contributed by atoms with Gasteiger partial charge in [0.15, 0.2) is 0 Å². The van der Waals surface area contributed by atoms with Crippen molar-refractivity contribution in [1.82, 2.24) is 35.1 Å². The first kappa shape index (κ1) is 40.3. The molecule has 0 unspecified atom stereocenters. The smallest absolute Gasteiger partial charge is 0.478 e. The van der Waals surface area contributed by atoms with Crippen LogP contribution < -0.4 is 15.1 Å². The fourth-order valence-electron chi connectivity index (χ4n) is 4.32. The van der Waals surface area contributed by atoms with Gasteiger partial charge < -0.3 is 57.2 Å². The van der Waals surface area contributed by atoms with Crippen molar-refractivity contribution in [2.75, 3.05) is 81.9 Å². The Bertz CT molecular complexity index is 1110. The molecule has 2 fully saturated rings. The number of hydrogen-bond acceptors (Lipinski definition) is 11. The number of carbonyl (C=O) groups excluding carboxylic acids is 1. The van der Waals surface area contributed by atoms with E-state index >= 15 is 0 Å². The number of carboxylic acids is 1. The van der Waals surface area contributed by atoms with E-state index in [1.807, 2.05) is 14.7 Å². The van der Waals surface area contributed by atoms with Crippen molar-refractivity contribution in [3.8, 4) is 0 Å². The molecule has 4 heterocycles. The Morgan fingerprint density at radius 3 is 1.79 bits per heavy atom. The first-order valence-electron chi connectivity index (χ1n) is 12.8. The van der Waals surface area contributed by atoms with Gasteiger partial charge in [-0.15, -0.1) is 0 Å². The summed E-state index contributed by atoms with van der Waals surface area (Å²) in [6.45, 7) is 7.38. The summed E-state index contributed by atoms with van der Waals surface area (Å²) in [5, 5.41) is 19.9. The van der Waals surface area contributed by atoms with Crippen LogP contribution in [0.2, 0.25) is 0 Å². The first-order valence-corrected chi connectivity index (χ1v) is 12.8. The van der Waals surface area contributed by atoms with Crippen LogP contribution in [0.4, 0.5) is 16.7 Å². The summed E-state index contributed by atoms with van der Waals surface area (Å²) in [6.07, 6.45) is 5.08. The predicted molar refractivity (Wildman–Crippen MR) is 158 cm³/mol. The molecule has 0 spiro atoms. The second-order valence-corrected chi connectivity index (χ2v) is 9.19. The Balaban J connectivity index is 0.00000441. The number of amides is 2. The van der Waals surface area contributed by atoms with Crippen LogP contribution in [0.15, 0.2) is 24.8 Å². The van der Waals surface area contributed by atoms with E-state index in [9.17, 15) is 14.4 Å². The number of aromatic nitrogens is 4. The molecule has 2 amide bonds. The van der Waals surface area contributed by atoms with Gasteiger partial charge in [0, 0.05) is 95.8 Å². The number of aromatic carboxylic acids is 1. The Labute approximate surface area is 287 Å². The molecule has 2 aliphatic heterocycles. The zero-order valence-electron chi connectivity index (χ0n) is 25.1. The summed E-state index contributed by atoms with van der Waals surface area (Å²) in [6, 6.07) is 0. The SMILES string of the molecule is O=C(O)NCc1cnc(N2CCN(C(=O)CCOCCN3CCN(c4ncc(C(=O)O)cn4)CC3)CC2)nc1.[CH3-].[CH3-].[CH3-].[Ce+3]. The van der Waals surface area contributed by atoms with Crippen molar-refractivity contribution in [3.63, 3.8) is 0 Å². The van der Waals surface area contributed by atoms with Crippen molar-refractivity contribution in [3.05, 3.63) is 58.2 Å². The number of nitrogens with one attached hydrogen (secondary N) is 1. The Morgan fingerprint density at radius 1 is 0.767 bits per heavy atom. The predicted octanol–water partition coefficient (Wildman–Crippen LogP) is 0.961. The molecular weight excluding hydrogens is 686 g/mol. The van der Waals surface area contributed by atoms with E-state index in [4.69, 9.17) is 14.9 Å². The number of piperazine rings is 2. The molecule has 0 aromatic carbocycles. The van der Waals surface area contributed by atoms with E-state index in [0.29, 0.717) is 63.3 Å². The summed E-state index contributed by atoms with van der Waals surface area (Å²) < 4.78 is 5.73. The van der Waals surface area contributed by atoms with E-state index in [2.05, 4.69) is 30.2 Å². The van der Waals surface area contributed by atoms with Crippen molar-refractivity contribution in [1.29, 1.82) is 0 Å². The monoisotopic (exact) mass is 728 g/mol. The van der Waals surface area contributed by atoms with Gasteiger partial charge >= 0.3 is 53.8 Å². The number of carbonyl (C=O) groups is 3. The number of hydrogen-bond donors (Lipinski definition) is 3. The quantitative estimate of drug-likeness (QED) is 0.221. The molecule has 3 N–H and O–H groups in total. The standard InChI is InChI=1S/C24H33N9O6.3CH3.Ce/c34-20(31-6-8-33(9-7-31)22-25-13-18(14-26-22)15-29-24(37)38)1-11-39-12-10-30-2-4-32(5-3-30)23-27-16-19(17-28-23)21(35)36;;;;/h13-14,16-17,29H,1-12,15H2,(H,35,36)(H,37,38);3*1H3;/q;3*-1;+3. The maximum atomic E-state index is 12.6. The van der Waals surface area contributed by atoms with Crippen molar-refractivity contribution < 1.29 is 71.1 Å². The van der Waals surface area contributed by atoms with Gasteiger partial charge in [-0.2, -0.15) is 0 Å². The van der Waals surface area contributed by atoms with Gasteiger partial charge in [-0.3, -0.25) is 9.69 Å². The minimum atomic E-state index is -1.10. The van der Waals surface area contributed by atoms with Crippen LogP contribution in [-0.2, 0) is 16.1 Å². The number of rotatable bonds is 11. The average Bonchev–Trinajstić information content (AvgIpc) is 2.96. The van der Waals surface area contributed by atoms with Gasteiger partial charge in [0.1, 0.15) is 0 Å². The molecule has 0 bridgehead atoms. The Kier molecular flexibility index (Phi) is 19.0. The van der Waals surface area contributed by atoms with Gasteiger partial charge in [-0.1, -0.05) is 0 Å². The molecule has 0 saturated carbocycles. The van der Waals surface area contributed by atoms with Gasteiger partial charge in [0.25, 0.3) is 0 Å². The minimum Gasteiger partial charge on any atom is -0.478 e. The summed E-state index contributed by atoms with van der Waals surface area (Å²) in [7, 11) is 0. The molecule has 0 aliphatic carbocycles. The number of anilines is 2. The third kappa shape index (κ3) is 12.4. The third-order valence-electron chi connectivity index (χ3n) is 6.60. The number of ether oxygens (including phenoxy) is 1. The van der Waals surface area contributed by atoms with Crippen LogP contribution >= 0.6 is 0 Å². The molecule has 1 radical (unpaired) electrons. The van der Waals surface area contributed by atoms with Gasteiger partial charge in [0.2, 0.25) is 17.8 Å². The molecule has 2 saturated heterocycles. The second-order valence-electron chi connectivity index (χ2n) is 9.19. The third-order valence-corrected chi connectivity index (χ3v) is 6.60. The topological polar surface area (TPSA) is 177 Å². The van der Waals surface area contributed by atoms with Crippen LogP contribution in [0, 0.1) is 64.0 Å². The normalized spacial score (nSPS) is 14.7. The molecule has 15 nitrogen and oxygen atoms in total. The largest absolute Gasteiger partial charge is 3.00 e. The van der Waals surface area contributed by atoms with E-state index in [0.717, 1.165) is 32.7 Å². The van der Waals surface area contributed by atoms with E-state index in [1.165, 1.54) is 12.4 Å². The minimum absolute atomic E-state index is 0. The maximum Gasteiger partial charge on any atom is 3.00 e. The zero-order valence-corrected chi connectivity index (χ0v) is 28.2. The van der Waals surface area contributed by atoms with Crippen LogP contribution in [0.5, 0.6) is 0 Å². The molecule has 235 valence electrons. The molecule has 43 heavy (non-hydrogen) atoms. The number of carboxylic acid groups (broad SMARTS) is 2. The molecular formula is C27H42CeN9O6. The summed E-state index contributed by atoms with van der Waals surface area (Å²) in [5.41, 5.74) is 0.748. The number of nitrogens with zero attached hydrogens (tertiary/aromatic N) is 8. The maximum absolute atomic E-state index is 12.6. The molecule has 2 aliphatic rings. The van der Waals surface area contributed by atoms with Crippen molar-refractivity contribution in [2.24, 2.45) is 0 Å². The Hall–Kier alpha value is -2.73. The van der Waals surface area contributed by atoms with Crippen LogP contribution in [-0.4, -0.2) is 130 Å².